The molecule has 0 spiro atoms. The first-order valence-electron chi connectivity index (χ1n) is 7.41. The highest BCUT2D eigenvalue weighted by atomic mass is 16.3. The van der Waals surface area contributed by atoms with Crippen molar-refractivity contribution < 1.29 is 4.42 Å². The normalized spacial score (nSPS) is 25.3. The molecule has 18 heavy (non-hydrogen) atoms. The minimum atomic E-state index is 0.695. The van der Waals surface area contributed by atoms with Crippen molar-refractivity contribution in [1.29, 1.82) is 0 Å². The van der Waals surface area contributed by atoms with Crippen LogP contribution in [0, 0.1) is 0 Å². The van der Waals surface area contributed by atoms with Crippen molar-refractivity contribution in [2.24, 2.45) is 0 Å². The molecule has 1 atom stereocenters. The van der Waals surface area contributed by atoms with Crippen LogP contribution in [0.1, 0.15) is 44.3 Å². The highest BCUT2D eigenvalue weighted by Crippen LogP contribution is 2.26. The zero-order valence-electron chi connectivity index (χ0n) is 11.1. The third-order valence-corrected chi connectivity index (χ3v) is 4.40. The maximum absolute atomic E-state index is 5.53. The molecule has 3 nitrogen and oxygen atoms in total. The van der Waals surface area contributed by atoms with Crippen LogP contribution >= 0.6 is 0 Å². The smallest absolute Gasteiger partial charge is 0.117 e. The van der Waals surface area contributed by atoms with E-state index in [1.54, 1.807) is 6.26 Å². The number of hydrogen-bond acceptors (Lipinski definition) is 3. The summed E-state index contributed by atoms with van der Waals surface area (Å²) < 4.78 is 5.53. The predicted octanol–water partition coefficient (Wildman–Crippen LogP) is 2.78. The molecule has 0 radical (unpaired) electrons. The monoisotopic (exact) mass is 248 g/mol. The molecule has 1 aliphatic carbocycles. The molecule has 0 unspecified atom stereocenters. The van der Waals surface area contributed by atoms with Gasteiger partial charge in [0.2, 0.25) is 0 Å². The fourth-order valence-corrected chi connectivity index (χ4v) is 3.41. The first-order chi connectivity index (χ1) is 8.92. The molecule has 1 aliphatic heterocycles. The third-order valence-electron chi connectivity index (χ3n) is 4.40. The quantitative estimate of drug-likeness (QED) is 0.868. The minimum absolute atomic E-state index is 0.695. The van der Waals surface area contributed by atoms with Crippen LogP contribution in [0.2, 0.25) is 0 Å². The van der Waals surface area contributed by atoms with Gasteiger partial charge in [0.1, 0.15) is 5.76 Å². The van der Waals surface area contributed by atoms with Crippen molar-refractivity contribution in [2.75, 3.05) is 13.1 Å². The van der Waals surface area contributed by atoms with Gasteiger partial charge in [-0.05, 0) is 44.4 Å². The summed E-state index contributed by atoms with van der Waals surface area (Å²) in [6, 6.07) is 5.57. The van der Waals surface area contributed by atoms with Crippen molar-refractivity contribution in [3.8, 4) is 0 Å². The average molecular weight is 248 g/mol. The van der Waals surface area contributed by atoms with Gasteiger partial charge in [-0.1, -0.05) is 12.8 Å². The lowest BCUT2D eigenvalue weighted by molar-refractivity contribution is 0.161. The van der Waals surface area contributed by atoms with Crippen molar-refractivity contribution in [2.45, 2.75) is 57.2 Å². The van der Waals surface area contributed by atoms with E-state index in [0.29, 0.717) is 6.04 Å². The molecule has 0 amide bonds. The van der Waals surface area contributed by atoms with Crippen LogP contribution in [-0.4, -0.2) is 30.1 Å². The molecule has 1 aromatic rings. The molecule has 1 saturated carbocycles. The molecule has 2 fully saturated rings. The maximum atomic E-state index is 5.53. The molecule has 1 N–H and O–H groups in total. The van der Waals surface area contributed by atoms with Gasteiger partial charge >= 0.3 is 0 Å². The summed E-state index contributed by atoms with van der Waals surface area (Å²) in [6.45, 7) is 3.37. The Morgan fingerprint density at radius 2 is 2.11 bits per heavy atom. The van der Waals surface area contributed by atoms with Crippen LogP contribution < -0.4 is 5.32 Å². The Labute approximate surface area is 110 Å². The Hall–Kier alpha value is -0.800. The number of furan rings is 1. The summed E-state index contributed by atoms with van der Waals surface area (Å²) in [7, 11) is 0. The van der Waals surface area contributed by atoms with E-state index in [2.05, 4.69) is 16.3 Å². The molecule has 100 valence electrons. The van der Waals surface area contributed by atoms with Crippen LogP contribution in [-0.2, 0) is 6.54 Å². The van der Waals surface area contributed by atoms with Gasteiger partial charge in [0.15, 0.2) is 0 Å². The lowest BCUT2D eigenvalue weighted by Gasteiger charge is -2.30. The Morgan fingerprint density at radius 1 is 1.22 bits per heavy atom. The van der Waals surface area contributed by atoms with Gasteiger partial charge in [-0.25, -0.2) is 0 Å². The van der Waals surface area contributed by atoms with Crippen LogP contribution in [0.15, 0.2) is 22.8 Å². The second-order valence-electron chi connectivity index (χ2n) is 5.74. The van der Waals surface area contributed by atoms with E-state index in [1.165, 1.54) is 51.6 Å². The number of hydrogen-bond donors (Lipinski definition) is 1. The Kier molecular flexibility index (Phi) is 4.01. The zero-order chi connectivity index (χ0) is 12.2. The summed E-state index contributed by atoms with van der Waals surface area (Å²) >= 11 is 0. The van der Waals surface area contributed by atoms with Crippen LogP contribution in [0.4, 0.5) is 0 Å². The summed E-state index contributed by atoms with van der Waals surface area (Å²) in [5, 5.41) is 3.62. The Morgan fingerprint density at radius 3 is 2.78 bits per heavy atom. The van der Waals surface area contributed by atoms with E-state index < -0.39 is 0 Å². The second-order valence-corrected chi connectivity index (χ2v) is 5.74. The van der Waals surface area contributed by atoms with Crippen LogP contribution in [0.3, 0.4) is 0 Å². The third kappa shape index (κ3) is 2.96. The molecule has 0 bridgehead atoms. The standard InChI is InChI=1S/C15H24N2O/c1-2-7-14(6-1)17(11-13-5-3-9-16-13)12-15-8-4-10-18-15/h4,8,10,13-14,16H,1-3,5-7,9,11-12H2/t13-/m0/s1. The van der Waals surface area contributed by atoms with Gasteiger partial charge in [0.25, 0.3) is 0 Å². The van der Waals surface area contributed by atoms with Gasteiger partial charge < -0.3 is 9.73 Å². The number of nitrogens with zero attached hydrogens (tertiary/aromatic N) is 1. The van der Waals surface area contributed by atoms with E-state index in [1.807, 2.05) is 6.07 Å². The zero-order valence-corrected chi connectivity index (χ0v) is 11.1. The van der Waals surface area contributed by atoms with Gasteiger partial charge in [-0.2, -0.15) is 0 Å². The summed E-state index contributed by atoms with van der Waals surface area (Å²) in [6.07, 6.45) is 10.00. The molecule has 2 heterocycles. The van der Waals surface area contributed by atoms with E-state index >= 15 is 0 Å². The largest absolute Gasteiger partial charge is 0.468 e. The molecular formula is C15H24N2O. The van der Waals surface area contributed by atoms with E-state index in [-0.39, 0.29) is 0 Å². The first-order valence-corrected chi connectivity index (χ1v) is 7.41. The van der Waals surface area contributed by atoms with Crippen LogP contribution in [0.5, 0.6) is 0 Å². The summed E-state index contributed by atoms with van der Waals surface area (Å²) in [5.74, 6) is 1.11. The molecule has 3 rings (SSSR count). The van der Waals surface area contributed by atoms with Crippen molar-refractivity contribution in [1.82, 2.24) is 10.2 Å². The van der Waals surface area contributed by atoms with Crippen molar-refractivity contribution in [3.05, 3.63) is 24.2 Å². The molecular weight excluding hydrogens is 224 g/mol. The second kappa shape index (κ2) is 5.89. The van der Waals surface area contributed by atoms with Gasteiger partial charge in [-0.3, -0.25) is 4.90 Å². The lowest BCUT2D eigenvalue weighted by Crippen LogP contribution is -2.41. The lowest BCUT2D eigenvalue weighted by atomic mass is 10.1. The predicted molar refractivity (Wildman–Crippen MR) is 72.4 cm³/mol. The summed E-state index contributed by atoms with van der Waals surface area (Å²) in [5.41, 5.74) is 0. The number of nitrogens with one attached hydrogen (secondary N) is 1. The van der Waals surface area contributed by atoms with E-state index in [9.17, 15) is 0 Å². The molecule has 2 aliphatic rings. The fraction of sp³-hybridized carbons (Fsp3) is 0.733. The maximum Gasteiger partial charge on any atom is 0.117 e. The molecule has 3 heteroatoms. The minimum Gasteiger partial charge on any atom is -0.468 e. The molecule has 0 aromatic carbocycles. The molecule has 1 aromatic heterocycles. The van der Waals surface area contributed by atoms with Crippen LogP contribution in [0.25, 0.3) is 0 Å². The fourth-order valence-electron chi connectivity index (χ4n) is 3.41. The molecule has 1 saturated heterocycles. The topological polar surface area (TPSA) is 28.4 Å². The highest BCUT2D eigenvalue weighted by molar-refractivity contribution is 4.99. The van der Waals surface area contributed by atoms with Gasteiger partial charge in [0, 0.05) is 18.6 Å². The van der Waals surface area contributed by atoms with E-state index in [0.717, 1.165) is 18.3 Å². The Bertz CT molecular complexity index is 337. The summed E-state index contributed by atoms with van der Waals surface area (Å²) in [4.78, 5) is 2.65. The van der Waals surface area contributed by atoms with Gasteiger partial charge in [-0.15, -0.1) is 0 Å². The van der Waals surface area contributed by atoms with Crippen molar-refractivity contribution >= 4 is 0 Å². The average Bonchev–Trinajstić information content (AvgIpc) is 3.13. The van der Waals surface area contributed by atoms with Gasteiger partial charge in [0.05, 0.1) is 12.8 Å². The first kappa shape index (κ1) is 12.2. The van der Waals surface area contributed by atoms with Crippen molar-refractivity contribution in [3.63, 3.8) is 0 Å². The SMILES string of the molecule is c1coc(CN(C[C@@H]2CCCN2)C2CCCC2)c1. The highest BCUT2D eigenvalue weighted by Gasteiger charge is 2.26. The van der Waals surface area contributed by atoms with E-state index in [4.69, 9.17) is 4.42 Å². The Balaban J connectivity index is 1.62. The number of rotatable bonds is 5.